The van der Waals surface area contributed by atoms with Gasteiger partial charge in [0.25, 0.3) is 0 Å². The fourth-order valence-electron chi connectivity index (χ4n) is 3.92. The predicted octanol–water partition coefficient (Wildman–Crippen LogP) is 5.57. The summed E-state index contributed by atoms with van der Waals surface area (Å²) in [5, 5.41) is 3.57. The normalized spacial score (nSPS) is 12.6. The second-order valence-corrected chi connectivity index (χ2v) is 13.0. The van der Waals surface area contributed by atoms with Crippen LogP contribution in [-0.4, -0.2) is 49.5 Å². The smallest absolute Gasteiger partial charge is 0.243 e. The van der Waals surface area contributed by atoms with Gasteiger partial charge in [-0.15, -0.1) is 0 Å². The van der Waals surface area contributed by atoms with Gasteiger partial charge in [0, 0.05) is 30.1 Å². The van der Waals surface area contributed by atoms with E-state index in [4.69, 9.17) is 23.2 Å². The minimum Gasteiger partial charge on any atom is -0.350 e. The van der Waals surface area contributed by atoms with Crippen LogP contribution in [0.4, 0.5) is 5.69 Å². The second kappa shape index (κ2) is 13.0. The number of nitrogens with one attached hydrogen (secondary N) is 1. The highest BCUT2D eigenvalue weighted by Crippen LogP contribution is 2.31. The van der Waals surface area contributed by atoms with Crippen LogP contribution in [0, 0.1) is 6.92 Å². The lowest BCUT2D eigenvalue weighted by Gasteiger charge is -2.33. The molecule has 0 bridgehead atoms. The second-order valence-electron chi connectivity index (χ2n) is 10.2. The van der Waals surface area contributed by atoms with Crippen LogP contribution in [-0.2, 0) is 26.2 Å². The molecule has 0 aliphatic heterocycles. The standard InChI is InChI=1S/C27H37Cl2N3O4S/c1-7-23(26(34)30-27(3,4)5)31(18-20-12-10-19(2)11-13-20)25(33)9-8-16-32(37(6,35)36)24-17-21(28)14-15-22(24)29/h10-15,17,23H,7-9,16,18H2,1-6H3,(H,30,34). The molecule has 1 N–H and O–H groups in total. The third-order valence-corrected chi connectivity index (χ3v) is 7.42. The van der Waals surface area contributed by atoms with Gasteiger partial charge in [0.15, 0.2) is 0 Å². The summed E-state index contributed by atoms with van der Waals surface area (Å²) in [6.45, 7) is 9.84. The lowest BCUT2D eigenvalue weighted by molar-refractivity contribution is -0.142. The molecule has 37 heavy (non-hydrogen) atoms. The van der Waals surface area contributed by atoms with Gasteiger partial charge >= 0.3 is 0 Å². The number of nitrogens with zero attached hydrogens (tertiary/aromatic N) is 2. The van der Waals surface area contributed by atoms with Gasteiger partial charge in [-0.3, -0.25) is 13.9 Å². The topological polar surface area (TPSA) is 86.8 Å². The molecule has 2 rings (SSSR count). The van der Waals surface area contributed by atoms with Crippen molar-refractivity contribution in [3.8, 4) is 0 Å². The number of rotatable bonds is 11. The summed E-state index contributed by atoms with van der Waals surface area (Å²) in [5.41, 5.74) is 1.82. The molecule has 0 saturated heterocycles. The van der Waals surface area contributed by atoms with Crippen molar-refractivity contribution in [2.45, 2.75) is 72.0 Å². The van der Waals surface area contributed by atoms with E-state index < -0.39 is 21.6 Å². The summed E-state index contributed by atoms with van der Waals surface area (Å²) in [7, 11) is -3.68. The van der Waals surface area contributed by atoms with Crippen molar-refractivity contribution < 1.29 is 18.0 Å². The molecule has 2 aromatic rings. The van der Waals surface area contributed by atoms with Crippen LogP contribution in [0.1, 0.15) is 58.1 Å². The zero-order valence-electron chi connectivity index (χ0n) is 22.3. The number of hydrogen-bond donors (Lipinski definition) is 1. The molecule has 0 fully saturated rings. The Kier molecular flexibility index (Phi) is 10.9. The van der Waals surface area contributed by atoms with Crippen LogP contribution in [0.5, 0.6) is 0 Å². The van der Waals surface area contributed by atoms with Gasteiger partial charge in [-0.1, -0.05) is 60.0 Å². The van der Waals surface area contributed by atoms with Crippen LogP contribution in [0.3, 0.4) is 0 Å². The maximum absolute atomic E-state index is 13.5. The number of amides is 2. The summed E-state index contributed by atoms with van der Waals surface area (Å²) in [4.78, 5) is 28.2. The largest absolute Gasteiger partial charge is 0.350 e. The first kappa shape index (κ1) is 30.9. The van der Waals surface area contributed by atoms with Gasteiger partial charge in [0.05, 0.1) is 17.0 Å². The Bertz CT molecular complexity index is 1200. The Morgan fingerprint density at radius 2 is 1.68 bits per heavy atom. The van der Waals surface area contributed by atoms with E-state index in [-0.39, 0.29) is 48.5 Å². The zero-order chi connectivity index (χ0) is 28.0. The van der Waals surface area contributed by atoms with Crippen LogP contribution in [0.2, 0.25) is 10.0 Å². The van der Waals surface area contributed by atoms with E-state index in [0.29, 0.717) is 11.4 Å². The number of aryl methyl sites for hydroxylation is 1. The molecule has 7 nitrogen and oxygen atoms in total. The minimum atomic E-state index is -3.68. The Labute approximate surface area is 231 Å². The third kappa shape index (κ3) is 9.51. The highest BCUT2D eigenvalue weighted by atomic mass is 35.5. The van der Waals surface area contributed by atoms with E-state index >= 15 is 0 Å². The van der Waals surface area contributed by atoms with Crippen LogP contribution in [0.15, 0.2) is 42.5 Å². The lowest BCUT2D eigenvalue weighted by Crippen LogP contribution is -2.53. The van der Waals surface area contributed by atoms with Crippen molar-refractivity contribution in [2.75, 3.05) is 17.1 Å². The van der Waals surface area contributed by atoms with Gasteiger partial charge in [0.1, 0.15) is 6.04 Å². The molecule has 0 aliphatic rings. The van der Waals surface area contributed by atoms with Crippen LogP contribution < -0.4 is 9.62 Å². The van der Waals surface area contributed by atoms with Gasteiger partial charge in [-0.2, -0.15) is 0 Å². The summed E-state index contributed by atoms with van der Waals surface area (Å²) in [5.74, 6) is -0.457. The highest BCUT2D eigenvalue weighted by Gasteiger charge is 2.31. The molecule has 10 heteroatoms. The maximum atomic E-state index is 13.5. The first-order valence-corrected chi connectivity index (χ1v) is 14.8. The SMILES string of the molecule is CCC(C(=O)NC(C)(C)C)N(Cc1ccc(C)cc1)C(=O)CCCN(c1cc(Cl)ccc1Cl)S(C)(=O)=O. The fraction of sp³-hybridized carbons (Fsp3) is 0.481. The molecule has 0 aromatic heterocycles. The van der Waals surface area contributed by atoms with Crippen molar-refractivity contribution >= 4 is 50.7 Å². The Morgan fingerprint density at radius 1 is 1.05 bits per heavy atom. The molecular weight excluding hydrogens is 533 g/mol. The van der Waals surface area contributed by atoms with E-state index in [0.717, 1.165) is 21.7 Å². The Hall–Kier alpha value is -2.29. The molecule has 1 atom stereocenters. The lowest BCUT2D eigenvalue weighted by atomic mass is 10.0. The molecule has 204 valence electrons. The number of carbonyl (C=O) groups is 2. The fourth-order valence-corrected chi connectivity index (χ4v) is 5.33. The quantitative estimate of drug-likeness (QED) is 0.383. The van der Waals surface area contributed by atoms with Gasteiger partial charge in [0.2, 0.25) is 21.8 Å². The Balaban J connectivity index is 2.27. The maximum Gasteiger partial charge on any atom is 0.243 e. The van der Waals surface area contributed by atoms with Crippen molar-refractivity contribution in [2.24, 2.45) is 0 Å². The monoisotopic (exact) mass is 569 g/mol. The summed E-state index contributed by atoms with van der Waals surface area (Å²) in [6, 6.07) is 11.7. The number of sulfonamides is 1. The average molecular weight is 571 g/mol. The third-order valence-electron chi connectivity index (χ3n) is 5.69. The van der Waals surface area contributed by atoms with Crippen LogP contribution >= 0.6 is 23.2 Å². The summed E-state index contributed by atoms with van der Waals surface area (Å²) in [6.07, 6.45) is 1.80. The van der Waals surface area contributed by atoms with Gasteiger partial charge in [-0.25, -0.2) is 8.42 Å². The Morgan fingerprint density at radius 3 is 2.22 bits per heavy atom. The molecule has 0 heterocycles. The molecule has 2 aromatic carbocycles. The molecule has 0 saturated carbocycles. The van der Waals surface area contributed by atoms with Crippen molar-refractivity contribution in [3.63, 3.8) is 0 Å². The average Bonchev–Trinajstić information content (AvgIpc) is 2.77. The van der Waals surface area contributed by atoms with E-state index in [2.05, 4.69) is 5.32 Å². The molecule has 0 aliphatic carbocycles. The molecule has 1 unspecified atom stereocenters. The van der Waals surface area contributed by atoms with E-state index in [1.165, 1.54) is 12.1 Å². The highest BCUT2D eigenvalue weighted by molar-refractivity contribution is 7.92. The van der Waals surface area contributed by atoms with Gasteiger partial charge in [-0.05, 0) is 64.3 Å². The minimum absolute atomic E-state index is 0.0357. The molecule has 0 spiro atoms. The zero-order valence-corrected chi connectivity index (χ0v) is 24.7. The first-order chi connectivity index (χ1) is 17.1. The van der Waals surface area contributed by atoms with E-state index in [9.17, 15) is 18.0 Å². The number of benzene rings is 2. The molecule has 2 amide bonds. The first-order valence-electron chi connectivity index (χ1n) is 12.2. The number of halogens is 2. The number of hydrogen-bond acceptors (Lipinski definition) is 4. The van der Waals surface area contributed by atoms with Crippen molar-refractivity contribution in [3.05, 3.63) is 63.6 Å². The molecule has 0 radical (unpaired) electrons. The number of carbonyl (C=O) groups excluding carboxylic acids is 2. The molecular formula is C27H37Cl2N3O4S. The van der Waals surface area contributed by atoms with Crippen molar-refractivity contribution in [1.29, 1.82) is 0 Å². The summed E-state index contributed by atoms with van der Waals surface area (Å²) < 4.78 is 26.2. The van der Waals surface area contributed by atoms with Crippen LogP contribution in [0.25, 0.3) is 0 Å². The van der Waals surface area contributed by atoms with E-state index in [1.54, 1.807) is 11.0 Å². The number of anilines is 1. The summed E-state index contributed by atoms with van der Waals surface area (Å²) >= 11 is 12.3. The van der Waals surface area contributed by atoms with Crippen molar-refractivity contribution in [1.82, 2.24) is 10.2 Å². The predicted molar refractivity (Wildman–Crippen MR) is 152 cm³/mol. The van der Waals surface area contributed by atoms with E-state index in [1.807, 2.05) is 58.9 Å². The van der Waals surface area contributed by atoms with Gasteiger partial charge < -0.3 is 10.2 Å².